The summed E-state index contributed by atoms with van der Waals surface area (Å²) in [6.45, 7) is 4.37. The topological polar surface area (TPSA) is 41.9 Å². The van der Waals surface area contributed by atoms with Crippen LogP contribution in [0.4, 0.5) is 4.39 Å². The molecule has 1 saturated heterocycles. The van der Waals surface area contributed by atoms with Crippen molar-refractivity contribution in [3.63, 3.8) is 0 Å². The summed E-state index contributed by atoms with van der Waals surface area (Å²) in [7, 11) is 0. The molecule has 0 bridgehead atoms. The Bertz CT molecular complexity index is 482. The zero-order valence-corrected chi connectivity index (χ0v) is 11.6. The van der Waals surface area contributed by atoms with Gasteiger partial charge in [-0.25, -0.2) is 4.39 Å². The van der Waals surface area contributed by atoms with E-state index >= 15 is 0 Å². The minimum absolute atomic E-state index is 0.0395. The Morgan fingerprint density at radius 1 is 1.35 bits per heavy atom. The standard InChI is InChI=1S/C15H20FNO3/c1-10-6-17(8-14(9-18)19-10)7-13-5-11-4-12(16)2-3-15(11)20-13/h2-4,10,13-14,18H,5-9H2,1H3. The van der Waals surface area contributed by atoms with Crippen molar-refractivity contribution in [2.45, 2.75) is 31.7 Å². The molecule has 3 atom stereocenters. The molecular weight excluding hydrogens is 261 g/mol. The Labute approximate surface area is 118 Å². The molecule has 1 fully saturated rings. The molecule has 4 nitrogen and oxygen atoms in total. The van der Waals surface area contributed by atoms with Gasteiger partial charge in [-0.05, 0) is 25.1 Å². The van der Waals surface area contributed by atoms with Gasteiger partial charge in [-0.15, -0.1) is 0 Å². The first-order valence-corrected chi connectivity index (χ1v) is 7.08. The molecule has 0 aromatic heterocycles. The summed E-state index contributed by atoms with van der Waals surface area (Å²) in [5, 5.41) is 9.24. The van der Waals surface area contributed by atoms with E-state index < -0.39 is 0 Å². The van der Waals surface area contributed by atoms with Crippen LogP contribution in [-0.4, -0.2) is 54.6 Å². The molecule has 1 aromatic rings. The average molecular weight is 281 g/mol. The van der Waals surface area contributed by atoms with E-state index in [0.29, 0.717) is 6.54 Å². The number of aliphatic hydroxyl groups is 1. The summed E-state index contributed by atoms with van der Waals surface area (Å²) in [5.41, 5.74) is 0.940. The van der Waals surface area contributed by atoms with E-state index in [1.807, 2.05) is 6.92 Å². The number of halogens is 1. The predicted molar refractivity (Wildman–Crippen MR) is 72.4 cm³/mol. The molecular formula is C15H20FNO3. The monoisotopic (exact) mass is 281 g/mol. The Morgan fingerprint density at radius 2 is 2.20 bits per heavy atom. The summed E-state index contributed by atoms with van der Waals surface area (Å²) < 4.78 is 24.7. The second-order valence-corrected chi connectivity index (χ2v) is 5.67. The van der Waals surface area contributed by atoms with Crippen molar-refractivity contribution in [2.75, 3.05) is 26.2 Å². The third-order valence-electron chi connectivity index (χ3n) is 3.83. The highest BCUT2D eigenvalue weighted by molar-refractivity contribution is 5.37. The van der Waals surface area contributed by atoms with Gasteiger partial charge in [0.05, 0.1) is 18.8 Å². The van der Waals surface area contributed by atoms with E-state index in [-0.39, 0.29) is 30.7 Å². The molecule has 3 rings (SSSR count). The van der Waals surface area contributed by atoms with Crippen molar-refractivity contribution in [1.29, 1.82) is 0 Å². The fraction of sp³-hybridized carbons (Fsp3) is 0.600. The van der Waals surface area contributed by atoms with Crippen LogP contribution in [0.15, 0.2) is 18.2 Å². The molecule has 3 unspecified atom stereocenters. The number of hydrogen-bond acceptors (Lipinski definition) is 4. The molecule has 0 saturated carbocycles. The smallest absolute Gasteiger partial charge is 0.123 e. The number of morpholine rings is 1. The van der Waals surface area contributed by atoms with E-state index in [4.69, 9.17) is 9.47 Å². The van der Waals surface area contributed by atoms with Crippen LogP contribution in [0, 0.1) is 5.82 Å². The van der Waals surface area contributed by atoms with Crippen LogP contribution in [0.25, 0.3) is 0 Å². The van der Waals surface area contributed by atoms with E-state index in [0.717, 1.165) is 30.8 Å². The molecule has 0 radical (unpaired) electrons. The molecule has 0 spiro atoms. The van der Waals surface area contributed by atoms with E-state index in [9.17, 15) is 9.50 Å². The largest absolute Gasteiger partial charge is 0.488 e. The number of rotatable bonds is 3. The first-order chi connectivity index (χ1) is 9.64. The van der Waals surface area contributed by atoms with Gasteiger partial charge in [0.2, 0.25) is 0 Å². The fourth-order valence-corrected chi connectivity index (χ4v) is 3.07. The highest BCUT2D eigenvalue weighted by atomic mass is 19.1. The molecule has 0 amide bonds. The zero-order valence-electron chi connectivity index (χ0n) is 11.6. The van der Waals surface area contributed by atoms with Gasteiger partial charge in [0.15, 0.2) is 0 Å². The number of ether oxygens (including phenoxy) is 2. The van der Waals surface area contributed by atoms with Gasteiger partial charge in [0, 0.05) is 31.6 Å². The summed E-state index contributed by atoms with van der Waals surface area (Å²) >= 11 is 0. The minimum Gasteiger partial charge on any atom is -0.488 e. The Hall–Kier alpha value is -1.17. The van der Waals surface area contributed by atoms with Crippen molar-refractivity contribution in [2.24, 2.45) is 0 Å². The predicted octanol–water partition coefficient (Wildman–Crippen LogP) is 1.21. The molecule has 110 valence electrons. The summed E-state index contributed by atoms with van der Waals surface area (Å²) in [4.78, 5) is 2.25. The Kier molecular flexibility index (Phi) is 3.92. The normalized spacial score (nSPS) is 30.1. The highest BCUT2D eigenvalue weighted by Crippen LogP contribution is 2.29. The summed E-state index contributed by atoms with van der Waals surface area (Å²) in [5.74, 6) is 0.574. The lowest BCUT2D eigenvalue weighted by Gasteiger charge is -2.37. The average Bonchev–Trinajstić information content (AvgIpc) is 2.79. The van der Waals surface area contributed by atoms with Crippen molar-refractivity contribution < 1.29 is 19.0 Å². The minimum atomic E-state index is -0.215. The van der Waals surface area contributed by atoms with Crippen molar-refractivity contribution in [1.82, 2.24) is 4.90 Å². The van der Waals surface area contributed by atoms with Crippen molar-refractivity contribution in [3.05, 3.63) is 29.6 Å². The molecule has 1 aromatic carbocycles. The van der Waals surface area contributed by atoms with E-state index in [1.165, 1.54) is 6.07 Å². The number of benzene rings is 1. The van der Waals surface area contributed by atoms with Gasteiger partial charge in [0.25, 0.3) is 0 Å². The number of aliphatic hydroxyl groups excluding tert-OH is 1. The van der Waals surface area contributed by atoms with Gasteiger partial charge >= 0.3 is 0 Å². The third-order valence-corrected chi connectivity index (χ3v) is 3.83. The maximum absolute atomic E-state index is 13.2. The second-order valence-electron chi connectivity index (χ2n) is 5.67. The quantitative estimate of drug-likeness (QED) is 0.904. The van der Waals surface area contributed by atoms with Gasteiger partial charge in [0.1, 0.15) is 17.7 Å². The van der Waals surface area contributed by atoms with Gasteiger partial charge < -0.3 is 14.6 Å². The lowest BCUT2D eigenvalue weighted by Crippen LogP contribution is -2.50. The Morgan fingerprint density at radius 3 is 3.00 bits per heavy atom. The number of fused-ring (bicyclic) bond motifs is 1. The molecule has 2 aliphatic heterocycles. The van der Waals surface area contributed by atoms with Gasteiger partial charge in [-0.1, -0.05) is 0 Å². The van der Waals surface area contributed by atoms with Crippen LogP contribution in [0.5, 0.6) is 5.75 Å². The van der Waals surface area contributed by atoms with E-state index in [2.05, 4.69) is 4.90 Å². The summed E-state index contributed by atoms with van der Waals surface area (Å²) in [6, 6.07) is 4.68. The van der Waals surface area contributed by atoms with Crippen LogP contribution < -0.4 is 4.74 Å². The first kappa shape index (κ1) is 13.8. The Balaban J connectivity index is 1.60. The SMILES string of the molecule is CC1CN(CC2Cc3cc(F)ccc3O2)CC(CO)O1. The van der Waals surface area contributed by atoms with Crippen LogP contribution in [0.1, 0.15) is 12.5 Å². The molecule has 2 aliphatic rings. The van der Waals surface area contributed by atoms with Crippen molar-refractivity contribution >= 4 is 0 Å². The van der Waals surface area contributed by atoms with Crippen LogP contribution >= 0.6 is 0 Å². The molecule has 20 heavy (non-hydrogen) atoms. The summed E-state index contributed by atoms with van der Waals surface area (Å²) in [6.07, 6.45) is 0.779. The fourth-order valence-electron chi connectivity index (χ4n) is 3.07. The van der Waals surface area contributed by atoms with Crippen molar-refractivity contribution in [3.8, 4) is 5.75 Å². The van der Waals surface area contributed by atoms with Gasteiger partial charge in [-0.2, -0.15) is 0 Å². The van der Waals surface area contributed by atoms with Crippen LogP contribution in [0.3, 0.4) is 0 Å². The third kappa shape index (κ3) is 2.95. The maximum Gasteiger partial charge on any atom is 0.123 e. The first-order valence-electron chi connectivity index (χ1n) is 7.08. The molecule has 5 heteroatoms. The molecule has 2 heterocycles. The van der Waals surface area contributed by atoms with Crippen LogP contribution in [-0.2, 0) is 11.2 Å². The molecule has 1 N–H and O–H groups in total. The highest BCUT2D eigenvalue weighted by Gasteiger charge is 2.30. The zero-order chi connectivity index (χ0) is 14.1. The number of hydrogen-bond donors (Lipinski definition) is 1. The lowest BCUT2D eigenvalue weighted by molar-refractivity contribution is -0.0995. The lowest BCUT2D eigenvalue weighted by atomic mass is 10.1. The van der Waals surface area contributed by atoms with E-state index in [1.54, 1.807) is 12.1 Å². The van der Waals surface area contributed by atoms with Crippen LogP contribution in [0.2, 0.25) is 0 Å². The second kappa shape index (κ2) is 5.68. The molecule has 0 aliphatic carbocycles. The maximum atomic E-state index is 13.2. The number of nitrogens with zero attached hydrogens (tertiary/aromatic N) is 1. The van der Waals surface area contributed by atoms with Gasteiger partial charge in [-0.3, -0.25) is 4.90 Å².